The molecule has 0 aliphatic rings. The zero-order valence-electron chi connectivity index (χ0n) is 33.3. The van der Waals surface area contributed by atoms with Gasteiger partial charge in [-0.2, -0.15) is 0 Å². The minimum Gasteiger partial charge on any atom is -0.288 e. The van der Waals surface area contributed by atoms with Gasteiger partial charge in [0.25, 0.3) is 0 Å². The first kappa shape index (κ1) is 45.9. The highest BCUT2D eigenvalue weighted by Crippen LogP contribution is 2.20. The Hall–Kier alpha value is -0.0800. The van der Waals surface area contributed by atoms with Gasteiger partial charge < -0.3 is 0 Å². The molecule has 0 aromatic rings. The van der Waals surface area contributed by atoms with Gasteiger partial charge in [0.15, 0.2) is 0 Å². The smallest absolute Gasteiger partial charge is 0.0622 e. The van der Waals surface area contributed by atoms with Gasteiger partial charge in [0.05, 0.1) is 6.17 Å². The average Bonchev–Trinajstić information content (AvgIpc) is 3.06. The molecular weight excluding hydrogens is 556 g/mol. The fourth-order valence-electron chi connectivity index (χ4n) is 7.47. The van der Waals surface area contributed by atoms with Crippen LogP contribution in [0.2, 0.25) is 0 Å². The molecule has 0 N–H and O–H groups in total. The maximum Gasteiger partial charge on any atom is 0.0622 e. The van der Waals surface area contributed by atoms with Gasteiger partial charge in [-0.25, -0.2) is 0 Å². The second-order valence-electron chi connectivity index (χ2n) is 15.2. The Morgan fingerprint density at radius 3 is 0.630 bits per heavy atom. The predicted molar refractivity (Wildman–Crippen MR) is 212 cm³/mol. The SMILES string of the molecule is CCCCCCCCCCN(CCCCCCCCCC)C(CCC)N(CCCCCCCCCC)CCCCCCCCCC. The van der Waals surface area contributed by atoms with Gasteiger partial charge in [0.1, 0.15) is 0 Å². The van der Waals surface area contributed by atoms with E-state index >= 15 is 0 Å². The summed E-state index contributed by atoms with van der Waals surface area (Å²) in [6.07, 6.45) is 49.2. The number of nitrogens with zero attached hydrogens (tertiary/aromatic N) is 2. The summed E-state index contributed by atoms with van der Waals surface area (Å²) in [6, 6.07) is 0. The van der Waals surface area contributed by atoms with Crippen LogP contribution in [0, 0.1) is 0 Å². The van der Waals surface area contributed by atoms with E-state index in [1.165, 1.54) is 244 Å². The molecule has 0 heterocycles. The number of hydrogen-bond donors (Lipinski definition) is 0. The largest absolute Gasteiger partial charge is 0.288 e. The molecule has 0 rings (SSSR count). The topological polar surface area (TPSA) is 6.48 Å². The Kier molecular flexibility index (Phi) is 39.3. The van der Waals surface area contributed by atoms with Crippen molar-refractivity contribution < 1.29 is 0 Å². The fraction of sp³-hybridized carbons (Fsp3) is 1.00. The van der Waals surface area contributed by atoms with Crippen LogP contribution in [0.25, 0.3) is 0 Å². The van der Waals surface area contributed by atoms with E-state index in [-0.39, 0.29) is 0 Å². The maximum absolute atomic E-state index is 3.01. The Bertz CT molecular complexity index is 450. The van der Waals surface area contributed by atoms with Gasteiger partial charge in [-0.3, -0.25) is 9.80 Å². The first-order chi connectivity index (χ1) is 22.7. The monoisotopic (exact) mass is 649 g/mol. The van der Waals surface area contributed by atoms with Crippen molar-refractivity contribution in [3.8, 4) is 0 Å². The first-order valence-electron chi connectivity index (χ1n) is 22.2. The van der Waals surface area contributed by atoms with Crippen LogP contribution in [0.3, 0.4) is 0 Å². The summed E-state index contributed by atoms with van der Waals surface area (Å²) < 4.78 is 0. The van der Waals surface area contributed by atoms with Gasteiger partial charge in [-0.1, -0.05) is 221 Å². The predicted octanol–water partition coefficient (Wildman–Crippen LogP) is 15.3. The third-order valence-corrected chi connectivity index (χ3v) is 10.6. The van der Waals surface area contributed by atoms with Crippen molar-refractivity contribution >= 4 is 0 Å². The van der Waals surface area contributed by atoms with Gasteiger partial charge in [0.2, 0.25) is 0 Å². The van der Waals surface area contributed by atoms with E-state index in [2.05, 4.69) is 44.4 Å². The van der Waals surface area contributed by atoms with Gasteiger partial charge in [0, 0.05) is 0 Å². The quantitative estimate of drug-likeness (QED) is 0.0482. The molecule has 2 nitrogen and oxygen atoms in total. The van der Waals surface area contributed by atoms with Crippen LogP contribution in [0.1, 0.15) is 253 Å². The third kappa shape index (κ3) is 31.2. The standard InChI is InChI=1S/C44H92N2/c1-6-11-15-19-23-27-31-35-40-45(41-36-32-28-24-20-16-12-7-2)44(39-10-5)46(42-37-33-29-25-21-17-13-8-3)43-38-34-30-26-22-18-14-9-4/h44H,6-43H2,1-5H3. The molecule has 0 aromatic heterocycles. The van der Waals surface area contributed by atoms with E-state index in [0.717, 1.165) is 0 Å². The molecule has 0 radical (unpaired) electrons. The van der Waals surface area contributed by atoms with Crippen LogP contribution in [0.4, 0.5) is 0 Å². The van der Waals surface area contributed by atoms with E-state index in [4.69, 9.17) is 0 Å². The van der Waals surface area contributed by atoms with E-state index in [0.29, 0.717) is 6.17 Å². The highest BCUT2D eigenvalue weighted by molar-refractivity contribution is 4.75. The van der Waals surface area contributed by atoms with Crippen LogP contribution >= 0.6 is 0 Å². The Morgan fingerprint density at radius 2 is 0.435 bits per heavy atom. The Labute approximate surface area is 294 Å². The number of unbranched alkanes of at least 4 members (excludes halogenated alkanes) is 28. The van der Waals surface area contributed by atoms with E-state index in [1.54, 1.807) is 0 Å². The highest BCUT2D eigenvalue weighted by Gasteiger charge is 2.24. The molecular formula is C44H92N2. The molecule has 278 valence electrons. The number of hydrogen-bond acceptors (Lipinski definition) is 2. The molecule has 46 heavy (non-hydrogen) atoms. The molecule has 2 heteroatoms. The lowest BCUT2D eigenvalue weighted by molar-refractivity contribution is 0.0293. The van der Waals surface area contributed by atoms with Gasteiger partial charge in [-0.05, 0) is 58.3 Å². The summed E-state index contributed by atoms with van der Waals surface area (Å²) in [4.78, 5) is 6.01. The van der Waals surface area contributed by atoms with Crippen molar-refractivity contribution in [3.05, 3.63) is 0 Å². The Balaban J connectivity index is 5.18. The van der Waals surface area contributed by atoms with Crippen LogP contribution in [0.5, 0.6) is 0 Å². The molecule has 0 saturated heterocycles. The van der Waals surface area contributed by atoms with E-state index in [9.17, 15) is 0 Å². The molecule has 0 atom stereocenters. The molecule has 0 saturated carbocycles. The Morgan fingerprint density at radius 1 is 0.239 bits per heavy atom. The molecule has 0 amide bonds. The van der Waals surface area contributed by atoms with Crippen molar-refractivity contribution in [1.82, 2.24) is 9.80 Å². The lowest BCUT2D eigenvalue weighted by Crippen LogP contribution is -2.50. The van der Waals surface area contributed by atoms with Crippen LogP contribution in [-0.2, 0) is 0 Å². The summed E-state index contributed by atoms with van der Waals surface area (Å²) in [6.45, 7) is 17.1. The summed E-state index contributed by atoms with van der Waals surface area (Å²) in [7, 11) is 0. The first-order valence-corrected chi connectivity index (χ1v) is 22.2. The molecule has 0 fully saturated rings. The lowest BCUT2D eigenvalue weighted by Gasteiger charge is -2.40. The molecule has 0 spiro atoms. The average molecular weight is 649 g/mol. The van der Waals surface area contributed by atoms with Crippen molar-refractivity contribution in [2.75, 3.05) is 26.2 Å². The van der Waals surface area contributed by atoms with Crippen LogP contribution < -0.4 is 0 Å². The van der Waals surface area contributed by atoms with Crippen LogP contribution in [0.15, 0.2) is 0 Å². The molecule has 0 aliphatic heterocycles. The minimum absolute atomic E-state index is 0.674. The molecule has 0 aliphatic carbocycles. The molecule has 0 unspecified atom stereocenters. The van der Waals surface area contributed by atoms with Crippen molar-refractivity contribution in [2.24, 2.45) is 0 Å². The summed E-state index contributed by atoms with van der Waals surface area (Å²) in [5, 5.41) is 0. The summed E-state index contributed by atoms with van der Waals surface area (Å²) in [5.41, 5.74) is 0. The zero-order chi connectivity index (χ0) is 33.6. The zero-order valence-corrected chi connectivity index (χ0v) is 33.3. The fourth-order valence-corrected chi connectivity index (χ4v) is 7.47. The second-order valence-corrected chi connectivity index (χ2v) is 15.2. The minimum atomic E-state index is 0.674. The van der Waals surface area contributed by atoms with Crippen molar-refractivity contribution in [3.63, 3.8) is 0 Å². The maximum atomic E-state index is 3.01. The normalized spacial score (nSPS) is 12.0. The van der Waals surface area contributed by atoms with Crippen LogP contribution in [-0.4, -0.2) is 42.1 Å². The van der Waals surface area contributed by atoms with E-state index < -0.39 is 0 Å². The number of rotatable bonds is 40. The van der Waals surface area contributed by atoms with Crippen molar-refractivity contribution in [2.45, 2.75) is 259 Å². The summed E-state index contributed by atoms with van der Waals surface area (Å²) >= 11 is 0. The van der Waals surface area contributed by atoms with Gasteiger partial charge >= 0.3 is 0 Å². The van der Waals surface area contributed by atoms with E-state index in [1.807, 2.05) is 0 Å². The summed E-state index contributed by atoms with van der Waals surface area (Å²) in [5.74, 6) is 0. The molecule has 0 bridgehead atoms. The third-order valence-electron chi connectivity index (χ3n) is 10.6. The van der Waals surface area contributed by atoms with Gasteiger partial charge in [-0.15, -0.1) is 0 Å². The second kappa shape index (κ2) is 39.4. The van der Waals surface area contributed by atoms with Crippen molar-refractivity contribution in [1.29, 1.82) is 0 Å². The molecule has 0 aromatic carbocycles. The highest BCUT2D eigenvalue weighted by atomic mass is 15.3. The lowest BCUT2D eigenvalue weighted by atomic mass is 10.1.